The number of amides is 2. The van der Waals surface area contributed by atoms with Crippen molar-refractivity contribution in [2.24, 2.45) is 5.92 Å². The second-order valence-corrected chi connectivity index (χ2v) is 5.18. The molecule has 0 aromatic heterocycles. The highest BCUT2D eigenvalue weighted by Gasteiger charge is 2.11. The monoisotopic (exact) mass is 276 g/mol. The van der Waals surface area contributed by atoms with Crippen molar-refractivity contribution in [2.45, 2.75) is 32.1 Å². The Kier molecular flexibility index (Phi) is 5.59. The normalized spacial score (nSPS) is 15.7. The third-order valence-electron chi connectivity index (χ3n) is 3.57. The third kappa shape index (κ3) is 5.03. The van der Waals surface area contributed by atoms with Crippen LogP contribution in [-0.2, 0) is 6.42 Å². The zero-order valence-corrected chi connectivity index (χ0v) is 11.6. The van der Waals surface area contributed by atoms with Crippen LogP contribution in [0.2, 0.25) is 0 Å². The SMILES string of the molecule is O=C(N/C=C/C1CCCC1)NCCc1cccc(F)c1. The summed E-state index contributed by atoms with van der Waals surface area (Å²) in [4.78, 5) is 11.5. The number of hydrogen-bond donors (Lipinski definition) is 2. The lowest BCUT2D eigenvalue weighted by atomic mass is 10.1. The molecule has 1 aromatic carbocycles. The maximum Gasteiger partial charge on any atom is 0.318 e. The second-order valence-electron chi connectivity index (χ2n) is 5.18. The minimum absolute atomic E-state index is 0.212. The van der Waals surface area contributed by atoms with E-state index < -0.39 is 0 Å². The van der Waals surface area contributed by atoms with Crippen molar-refractivity contribution in [1.29, 1.82) is 0 Å². The molecule has 2 amide bonds. The molecule has 0 bridgehead atoms. The van der Waals surface area contributed by atoms with Gasteiger partial charge in [0.2, 0.25) is 0 Å². The van der Waals surface area contributed by atoms with Gasteiger partial charge in [-0.05, 0) is 42.9 Å². The van der Waals surface area contributed by atoms with Crippen LogP contribution in [0.15, 0.2) is 36.5 Å². The van der Waals surface area contributed by atoms with Gasteiger partial charge < -0.3 is 10.6 Å². The molecular formula is C16H21FN2O. The van der Waals surface area contributed by atoms with Gasteiger partial charge in [0.25, 0.3) is 0 Å². The van der Waals surface area contributed by atoms with Gasteiger partial charge in [0, 0.05) is 12.7 Å². The van der Waals surface area contributed by atoms with E-state index >= 15 is 0 Å². The lowest BCUT2D eigenvalue weighted by molar-refractivity contribution is 0.244. The van der Waals surface area contributed by atoms with Gasteiger partial charge in [-0.1, -0.05) is 31.1 Å². The summed E-state index contributed by atoms with van der Waals surface area (Å²) in [6.07, 6.45) is 9.44. The van der Waals surface area contributed by atoms with Gasteiger partial charge in [-0.25, -0.2) is 9.18 Å². The van der Waals surface area contributed by atoms with Crippen LogP contribution >= 0.6 is 0 Å². The summed E-state index contributed by atoms with van der Waals surface area (Å²) in [5.41, 5.74) is 0.881. The molecule has 0 atom stereocenters. The Balaban J connectivity index is 1.62. The molecule has 0 spiro atoms. The number of benzene rings is 1. The van der Waals surface area contributed by atoms with Crippen LogP contribution < -0.4 is 10.6 Å². The number of carbonyl (C=O) groups is 1. The third-order valence-corrected chi connectivity index (χ3v) is 3.57. The minimum atomic E-state index is -0.244. The smallest absolute Gasteiger partial charge is 0.318 e. The Morgan fingerprint density at radius 3 is 2.90 bits per heavy atom. The quantitative estimate of drug-likeness (QED) is 0.850. The highest BCUT2D eigenvalue weighted by molar-refractivity contribution is 5.74. The maximum absolute atomic E-state index is 13.0. The van der Waals surface area contributed by atoms with Crippen LogP contribution in [-0.4, -0.2) is 12.6 Å². The van der Waals surface area contributed by atoms with Crippen molar-refractivity contribution in [3.63, 3.8) is 0 Å². The van der Waals surface area contributed by atoms with Crippen LogP contribution in [0.5, 0.6) is 0 Å². The molecule has 0 aliphatic heterocycles. The van der Waals surface area contributed by atoms with Crippen molar-refractivity contribution in [3.05, 3.63) is 47.9 Å². The summed E-state index contributed by atoms with van der Waals surface area (Å²) < 4.78 is 13.0. The molecule has 0 saturated heterocycles. The van der Waals surface area contributed by atoms with E-state index in [1.165, 1.54) is 37.8 Å². The van der Waals surface area contributed by atoms with Crippen molar-refractivity contribution >= 4 is 6.03 Å². The molecule has 0 unspecified atom stereocenters. The number of halogens is 1. The molecule has 108 valence electrons. The van der Waals surface area contributed by atoms with E-state index in [1.807, 2.05) is 6.07 Å². The Hall–Kier alpha value is -1.84. The number of carbonyl (C=O) groups excluding carboxylic acids is 1. The molecule has 20 heavy (non-hydrogen) atoms. The molecule has 1 aliphatic rings. The molecule has 1 aromatic rings. The Morgan fingerprint density at radius 1 is 1.35 bits per heavy atom. The molecule has 2 N–H and O–H groups in total. The van der Waals surface area contributed by atoms with Crippen molar-refractivity contribution in [2.75, 3.05) is 6.54 Å². The van der Waals surface area contributed by atoms with E-state index in [1.54, 1.807) is 12.3 Å². The average Bonchev–Trinajstić information content (AvgIpc) is 2.92. The fraction of sp³-hybridized carbons (Fsp3) is 0.438. The molecule has 2 rings (SSSR count). The van der Waals surface area contributed by atoms with Crippen molar-refractivity contribution in [1.82, 2.24) is 10.6 Å². The molecule has 1 saturated carbocycles. The van der Waals surface area contributed by atoms with Crippen LogP contribution in [0.3, 0.4) is 0 Å². The molecule has 0 radical (unpaired) electrons. The van der Waals surface area contributed by atoms with Gasteiger partial charge in [-0.3, -0.25) is 0 Å². The van der Waals surface area contributed by atoms with Gasteiger partial charge in [-0.15, -0.1) is 0 Å². The number of rotatable bonds is 5. The number of allylic oxidation sites excluding steroid dienone is 1. The van der Waals surface area contributed by atoms with Crippen molar-refractivity contribution < 1.29 is 9.18 Å². The topological polar surface area (TPSA) is 41.1 Å². The lowest BCUT2D eigenvalue weighted by Gasteiger charge is -2.06. The number of urea groups is 1. The van der Waals surface area contributed by atoms with E-state index in [9.17, 15) is 9.18 Å². The van der Waals surface area contributed by atoms with Gasteiger partial charge in [0.05, 0.1) is 0 Å². The Labute approximate surface area is 119 Å². The standard InChI is InChI=1S/C16H21FN2O/c17-15-7-3-6-14(12-15)9-11-19-16(20)18-10-8-13-4-1-2-5-13/h3,6-8,10,12-13H,1-2,4-5,9,11H2,(H2,18,19,20)/b10-8+. The first-order valence-electron chi connectivity index (χ1n) is 7.19. The van der Waals surface area contributed by atoms with Crippen molar-refractivity contribution in [3.8, 4) is 0 Å². The highest BCUT2D eigenvalue weighted by atomic mass is 19.1. The van der Waals surface area contributed by atoms with E-state index in [2.05, 4.69) is 16.7 Å². The van der Waals surface area contributed by atoms with E-state index in [4.69, 9.17) is 0 Å². The van der Waals surface area contributed by atoms with Gasteiger partial charge in [0.1, 0.15) is 5.82 Å². The second kappa shape index (κ2) is 7.68. The Bertz CT molecular complexity index is 467. The van der Waals surface area contributed by atoms with Crippen LogP contribution in [0, 0.1) is 11.7 Å². The Morgan fingerprint density at radius 2 is 2.15 bits per heavy atom. The van der Waals surface area contributed by atoms with E-state index in [-0.39, 0.29) is 11.8 Å². The zero-order chi connectivity index (χ0) is 14.2. The van der Waals surface area contributed by atoms with E-state index in [0.717, 1.165) is 5.56 Å². The summed E-state index contributed by atoms with van der Waals surface area (Å²) >= 11 is 0. The molecule has 1 fully saturated rings. The zero-order valence-electron chi connectivity index (χ0n) is 11.6. The van der Waals surface area contributed by atoms with Crippen LogP contribution in [0.1, 0.15) is 31.2 Å². The summed E-state index contributed by atoms with van der Waals surface area (Å²) in [5, 5.41) is 5.45. The largest absolute Gasteiger partial charge is 0.338 e. The summed E-state index contributed by atoms with van der Waals surface area (Å²) in [5.74, 6) is 0.369. The first-order valence-corrected chi connectivity index (χ1v) is 7.19. The fourth-order valence-corrected chi connectivity index (χ4v) is 2.47. The summed E-state index contributed by atoms with van der Waals surface area (Å²) in [7, 11) is 0. The summed E-state index contributed by atoms with van der Waals surface area (Å²) in [6, 6.07) is 6.21. The molecule has 0 heterocycles. The van der Waals surface area contributed by atoms with Crippen LogP contribution in [0.25, 0.3) is 0 Å². The number of hydrogen-bond acceptors (Lipinski definition) is 1. The fourth-order valence-electron chi connectivity index (χ4n) is 2.47. The molecule has 3 nitrogen and oxygen atoms in total. The molecule has 4 heteroatoms. The predicted octanol–water partition coefficient (Wildman–Crippen LogP) is 3.37. The summed E-state index contributed by atoms with van der Waals surface area (Å²) in [6.45, 7) is 0.493. The maximum atomic E-state index is 13.0. The average molecular weight is 276 g/mol. The molecular weight excluding hydrogens is 255 g/mol. The highest BCUT2D eigenvalue weighted by Crippen LogP contribution is 2.25. The first-order chi connectivity index (χ1) is 9.74. The predicted molar refractivity (Wildman–Crippen MR) is 77.7 cm³/mol. The first kappa shape index (κ1) is 14.6. The minimum Gasteiger partial charge on any atom is -0.338 e. The van der Waals surface area contributed by atoms with Gasteiger partial charge >= 0.3 is 6.03 Å². The van der Waals surface area contributed by atoms with Crippen LogP contribution in [0.4, 0.5) is 9.18 Å². The lowest BCUT2D eigenvalue weighted by Crippen LogP contribution is -2.33. The molecule has 1 aliphatic carbocycles. The number of nitrogens with one attached hydrogen (secondary N) is 2. The van der Waals surface area contributed by atoms with E-state index in [0.29, 0.717) is 18.9 Å². The van der Waals surface area contributed by atoms with Gasteiger partial charge in [-0.2, -0.15) is 0 Å². The van der Waals surface area contributed by atoms with Gasteiger partial charge in [0.15, 0.2) is 0 Å².